The molecule has 2 aromatic carbocycles. The van der Waals surface area contributed by atoms with Gasteiger partial charge < -0.3 is 19.9 Å². The summed E-state index contributed by atoms with van der Waals surface area (Å²) in [6.45, 7) is 18.2. The summed E-state index contributed by atoms with van der Waals surface area (Å²) in [6.07, 6.45) is -0.400. The molecule has 0 spiro atoms. The topological polar surface area (TPSA) is 92.2 Å². The Balaban J connectivity index is 1.29. The van der Waals surface area contributed by atoms with Crippen molar-refractivity contribution in [2.45, 2.75) is 46.8 Å². The number of nitrogens with one attached hydrogen (secondary N) is 1. The molecule has 0 unspecified atom stereocenters. The van der Waals surface area contributed by atoms with E-state index in [1.807, 2.05) is 56.9 Å². The Hall–Kier alpha value is -3.61. The molecule has 0 aliphatic carbocycles. The molecule has 0 radical (unpaired) electrons. The number of ether oxygens (including phenoxy) is 1. The molecule has 0 saturated carbocycles. The standard InChI is InChI=1S/C32H44N6O3/c1-24-20-25(2)28(30(39)38-18-12-35(13-19-38)11-10-34-31(40)41-32(3,4)5)21-27(24)23-36-14-16-37(17-15-36)29-9-7-6-8-26(29)22-33/h6-9,20-21H,10-19,23H2,1-5H3,(H,34,40). The molecule has 2 amide bonds. The van der Waals surface area contributed by atoms with Gasteiger partial charge in [-0.15, -0.1) is 0 Å². The van der Waals surface area contributed by atoms with Crippen LogP contribution in [0.25, 0.3) is 0 Å². The van der Waals surface area contributed by atoms with Crippen LogP contribution in [0, 0.1) is 25.2 Å². The van der Waals surface area contributed by atoms with Crippen molar-refractivity contribution in [1.29, 1.82) is 5.26 Å². The average molecular weight is 561 g/mol. The van der Waals surface area contributed by atoms with Crippen molar-refractivity contribution < 1.29 is 14.3 Å². The highest BCUT2D eigenvalue weighted by Gasteiger charge is 2.25. The summed E-state index contributed by atoms with van der Waals surface area (Å²) in [7, 11) is 0. The van der Waals surface area contributed by atoms with Crippen LogP contribution in [-0.2, 0) is 11.3 Å². The minimum absolute atomic E-state index is 0.0909. The number of nitrogens with zero attached hydrogens (tertiary/aromatic N) is 5. The van der Waals surface area contributed by atoms with Crippen molar-refractivity contribution in [2.24, 2.45) is 0 Å². The van der Waals surface area contributed by atoms with Crippen molar-refractivity contribution in [3.63, 3.8) is 0 Å². The number of aryl methyl sites for hydroxylation is 2. The van der Waals surface area contributed by atoms with E-state index in [1.54, 1.807) is 0 Å². The molecule has 2 fully saturated rings. The molecule has 2 heterocycles. The summed E-state index contributed by atoms with van der Waals surface area (Å²) in [6, 6.07) is 14.3. The van der Waals surface area contributed by atoms with E-state index in [0.29, 0.717) is 19.6 Å². The first-order valence-corrected chi connectivity index (χ1v) is 14.6. The number of piperazine rings is 2. The van der Waals surface area contributed by atoms with E-state index in [1.165, 1.54) is 11.1 Å². The van der Waals surface area contributed by atoms with Crippen LogP contribution < -0.4 is 10.2 Å². The second-order valence-electron chi connectivity index (χ2n) is 12.0. The van der Waals surface area contributed by atoms with Gasteiger partial charge in [0.15, 0.2) is 0 Å². The van der Waals surface area contributed by atoms with Gasteiger partial charge in [0.25, 0.3) is 5.91 Å². The number of alkyl carbamates (subject to hydrolysis) is 1. The molecule has 9 heteroatoms. The molecule has 1 N–H and O–H groups in total. The predicted molar refractivity (Wildman–Crippen MR) is 161 cm³/mol. The van der Waals surface area contributed by atoms with Crippen LogP contribution in [0.4, 0.5) is 10.5 Å². The van der Waals surface area contributed by atoms with Gasteiger partial charge in [0.05, 0.1) is 11.3 Å². The van der Waals surface area contributed by atoms with Crippen LogP contribution in [0.15, 0.2) is 36.4 Å². The molecular formula is C32H44N6O3. The number of carbonyl (C=O) groups is 2. The lowest BCUT2D eigenvalue weighted by molar-refractivity contribution is 0.0513. The Labute approximate surface area is 244 Å². The maximum absolute atomic E-state index is 13.6. The zero-order valence-electron chi connectivity index (χ0n) is 25.2. The molecule has 9 nitrogen and oxygen atoms in total. The lowest BCUT2D eigenvalue weighted by atomic mass is 9.98. The number of rotatable bonds is 7. The Bertz CT molecular complexity index is 1270. The van der Waals surface area contributed by atoms with Crippen molar-refractivity contribution in [1.82, 2.24) is 20.0 Å². The average Bonchev–Trinajstić information content (AvgIpc) is 2.94. The van der Waals surface area contributed by atoms with Crippen LogP contribution in [0.5, 0.6) is 0 Å². The van der Waals surface area contributed by atoms with E-state index in [-0.39, 0.29) is 5.91 Å². The third-order valence-corrected chi connectivity index (χ3v) is 7.80. The molecule has 2 aliphatic heterocycles. The lowest BCUT2D eigenvalue weighted by Crippen LogP contribution is -2.50. The summed E-state index contributed by atoms with van der Waals surface area (Å²) in [4.78, 5) is 34.4. The van der Waals surface area contributed by atoms with Crippen molar-refractivity contribution in [3.05, 3.63) is 64.2 Å². The van der Waals surface area contributed by atoms with Crippen LogP contribution in [0.1, 0.15) is 53.4 Å². The number of benzene rings is 2. The summed E-state index contributed by atoms with van der Waals surface area (Å²) >= 11 is 0. The highest BCUT2D eigenvalue weighted by atomic mass is 16.6. The molecule has 2 aliphatic rings. The highest BCUT2D eigenvalue weighted by Crippen LogP contribution is 2.24. The van der Waals surface area contributed by atoms with Gasteiger partial charge in [0, 0.05) is 77.6 Å². The normalized spacial score (nSPS) is 16.8. The SMILES string of the molecule is Cc1cc(C)c(C(=O)N2CCN(CCNC(=O)OC(C)(C)C)CC2)cc1CN1CCN(c2ccccc2C#N)CC1. The van der Waals surface area contributed by atoms with E-state index in [0.717, 1.165) is 74.7 Å². The van der Waals surface area contributed by atoms with E-state index in [9.17, 15) is 14.9 Å². The monoisotopic (exact) mass is 560 g/mol. The maximum Gasteiger partial charge on any atom is 0.407 e. The van der Waals surface area contributed by atoms with Crippen LogP contribution in [-0.4, -0.2) is 97.7 Å². The Kier molecular flexibility index (Phi) is 9.90. The minimum atomic E-state index is -0.509. The first-order valence-electron chi connectivity index (χ1n) is 14.6. The summed E-state index contributed by atoms with van der Waals surface area (Å²) in [5.74, 6) is 0.0909. The largest absolute Gasteiger partial charge is 0.444 e. The summed E-state index contributed by atoms with van der Waals surface area (Å²) in [5.41, 5.74) is 5.41. The fraction of sp³-hybridized carbons (Fsp3) is 0.531. The number of nitriles is 1. The zero-order chi connectivity index (χ0) is 29.6. The number of hydrogen-bond acceptors (Lipinski definition) is 7. The molecule has 4 rings (SSSR count). The van der Waals surface area contributed by atoms with E-state index in [2.05, 4.69) is 45.1 Å². The van der Waals surface area contributed by atoms with Gasteiger partial charge in [-0.25, -0.2) is 4.79 Å². The van der Waals surface area contributed by atoms with Gasteiger partial charge in [0.2, 0.25) is 0 Å². The number of para-hydroxylation sites is 1. The third kappa shape index (κ3) is 8.21. The van der Waals surface area contributed by atoms with Crippen molar-refractivity contribution in [3.8, 4) is 6.07 Å². The molecule has 0 aromatic heterocycles. The molecule has 41 heavy (non-hydrogen) atoms. The lowest BCUT2D eigenvalue weighted by Gasteiger charge is -2.37. The van der Waals surface area contributed by atoms with Gasteiger partial charge in [-0.1, -0.05) is 18.2 Å². The molecular weight excluding hydrogens is 516 g/mol. The molecule has 0 atom stereocenters. The Morgan fingerprint density at radius 1 is 0.927 bits per heavy atom. The van der Waals surface area contributed by atoms with Gasteiger partial charge >= 0.3 is 6.09 Å². The Morgan fingerprint density at radius 3 is 2.24 bits per heavy atom. The molecule has 2 aromatic rings. The number of amides is 2. The summed E-state index contributed by atoms with van der Waals surface area (Å²) in [5, 5.41) is 12.3. The van der Waals surface area contributed by atoms with E-state index in [4.69, 9.17) is 4.74 Å². The predicted octanol–water partition coefficient (Wildman–Crippen LogP) is 3.78. The van der Waals surface area contributed by atoms with Gasteiger partial charge in [-0.05, 0) is 69.5 Å². The zero-order valence-corrected chi connectivity index (χ0v) is 25.2. The third-order valence-electron chi connectivity index (χ3n) is 7.80. The number of anilines is 1. The summed E-state index contributed by atoms with van der Waals surface area (Å²) < 4.78 is 5.30. The fourth-order valence-electron chi connectivity index (χ4n) is 5.50. The number of carbonyl (C=O) groups excluding carboxylic acids is 2. The smallest absolute Gasteiger partial charge is 0.407 e. The van der Waals surface area contributed by atoms with Crippen LogP contribution in [0.2, 0.25) is 0 Å². The van der Waals surface area contributed by atoms with Gasteiger partial charge in [-0.2, -0.15) is 5.26 Å². The number of hydrogen-bond donors (Lipinski definition) is 1. The van der Waals surface area contributed by atoms with Crippen molar-refractivity contribution in [2.75, 3.05) is 70.3 Å². The van der Waals surface area contributed by atoms with Crippen LogP contribution in [0.3, 0.4) is 0 Å². The fourth-order valence-corrected chi connectivity index (χ4v) is 5.50. The van der Waals surface area contributed by atoms with Crippen molar-refractivity contribution >= 4 is 17.7 Å². The molecule has 0 bridgehead atoms. The van der Waals surface area contributed by atoms with E-state index >= 15 is 0 Å². The second kappa shape index (κ2) is 13.4. The minimum Gasteiger partial charge on any atom is -0.444 e. The van der Waals surface area contributed by atoms with Gasteiger partial charge in [-0.3, -0.25) is 14.6 Å². The van der Waals surface area contributed by atoms with E-state index < -0.39 is 11.7 Å². The molecule has 2 saturated heterocycles. The highest BCUT2D eigenvalue weighted by molar-refractivity contribution is 5.96. The Morgan fingerprint density at radius 2 is 1.59 bits per heavy atom. The first kappa shape index (κ1) is 30.4. The van der Waals surface area contributed by atoms with Crippen LogP contribution >= 0.6 is 0 Å². The van der Waals surface area contributed by atoms with Gasteiger partial charge in [0.1, 0.15) is 11.7 Å². The quantitative estimate of drug-likeness (QED) is 0.551. The first-order chi connectivity index (χ1) is 19.5. The molecule has 220 valence electrons. The maximum atomic E-state index is 13.6. The second-order valence-corrected chi connectivity index (χ2v) is 12.0.